The molecule has 7 heteroatoms. The van der Waals surface area contributed by atoms with Crippen molar-refractivity contribution >= 4 is 17.5 Å². The summed E-state index contributed by atoms with van der Waals surface area (Å²) in [7, 11) is 0. The minimum atomic E-state index is 0.0449. The molecule has 2 aromatic carbocycles. The molecule has 0 radical (unpaired) electrons. The summed E-state index contributed by atoms with van der Waals surface area (Å²) < 4.78 is 11.1. The third-order valence-corrected chi connectivity index (χ3v) is 6.09. The topological polar surface area (TPSA) is 45.2 Å². The molecule has 4 rings (SSSR count). The Morgan fingerprint density at radius 1 is 0.806 bits per heavy atom. The van der Waals surface area contributed by atoms with Gasteiger partial charge in [-0.15, -0.1) is 0 Å². The molecule has 2 aromatic rings. The molecule has 0 aromatic heterocycles. The molecule has 166 valence electrons. The first kappa shape index (κ1) is 22.1. The number of carbonyl (C=O) groups is 1. The number of piperazine rings is 1. The van der Waals surface area contributed by atoms with Crippen LogP contribution in [-0.2, 0) is 22.6 Å². The van der Waals surface area contributed by atoms with Crippen LogP contribution in [0.3, 0.4) is 0 Å². The number of rotatable bonds is 7. The fourth-order valence-corrected chi connectivity index (χ4v) is 4.07. The Balaban J connectivity index is 1.17. The van der Waals surface area contributed by atoms with Gasteiger partial charge in [-0.05, 0) is 35.4 Å². The first-order valence-electron chi connectivity index (χ1n) is 10.9. The molecule has 2 aliphatic rings. The summed E-state index contributed by atoms with van der Waals surface area (Å²) in [5.74, 6) is 0.781. The summed E-state index contributed by atoms with van der Waals surface area (Å²) in [6.07, 6.45) is 0. The summed E-state index contributed by atoms with van der Waals surface area (Å²) in [4.78, 5) is 19.2. The van der Waals surface area contributed by atoms with Gasteiger partial charge in [-0.2, -0.15) is 0 Å². The number of carbonyl (C=O) groups excluding carboxylic acids is 1. The molecule has 31 heavy (non-hydrogen) atoms. The Hall–Kier alpha value is -2.12. The Morgan fingerprint density at radius 2 is 1.35 bits per heavy atom. The first-order valence-corrected chi connectivity index (χ1v) is 11.3. The third-order valence-electron chi connectivity index (χ3n) is 5.84. The largest absolute Gasteiger partial charge is 0.484 e. The van der Waals surface area contributed by atoms with Crippen LogP contribution in [0, 0.1) is 0 Å². The van der Waals surface area contributed by atoms with Gasteiger partial charge in [-0.3, -0.25) is 14.6 Å². The van der Waals surface area contributed by atoms with Crippen LogP contribution < -0.4 is 4.74 Å². The summed E-state index contributed by atoms with van der Waals surface area (Å²) in [5, 5.41) is 0.755. The van der Waals surface area contributed by atoms with E-state index in [1.165, 1.54) is 11.1 Å². The van der Waals surface area contributed by atoms with Crippen molar-refractivity contribution < 1.29 is 14.3 Å². The van der Waals surface area contributed by atoms with E-state index in [0.29, 0.717) is 0 Å². The van der Waals surface area contributed by atoms with Gasteiger partial charge in [-0.25, -0.2) is 0 Å². The van der Waals surface area contributed by atoms with E-state index in [1.807, 2.05) is 29.2 Å². The van der Waals surface area contributed by atoms with Gasteiger partial charge >= 0.3 is 0 Å². The number of morpholine rings is 1. The van der Waals surface area contributed by atoms with Crippen LogP contribution >= 0.6 is 11.6 Å². The molecule has 0 bridgehead atoms. The highest BCUT2D eigenvalue weighted by molar-refractivity contribution is 6.30. The molecule has 2 saturated heterocycles. The lowest BCUT2D eigenvalue weighted by atomic mass is 10.2. The minimum absolute atomic E-state index is 0.0449. The zero-order chi connectivity index (χ0) is 21.5. The van der Waals surface area contributed by atoms with E-state index in [9.17, 15) is 4.79 Å². The second-order valence-electron chi connectivity index (χ2n) is 8.10. The Labute approximate surface area is 189 Å². The summed E-state index contributed by atoms with van der Waals surface area (Å²) >= 11 is 5.95. The zero-order valence-electron chi connectivity index (χ0n) is 17.8. The molecule has 2 fully saturated rings. The van der Waals surface area contributed by atoms with E-state index in [0.717, 1.165) is 76.3 Å². The molecular weight excluding hydrogens is 414 g/mol. The van der Waals surface area contributed by atoms with Crippen molar-refractivity contribution in [2.24, 2.45) is 0 Å². The van der Waals surface area contributed by atoms with Crippen LogP contribution in [0.15, 0.2) is 48.5 Å². The molecule has 2 heterocycles. The number of hydrogen-bond donors (Lipinski definition) is 0. The average molecular weight is 444 g/mol. The fourth-order valence-electron chi connectivity index (χ4n) is 3.95. The van der Waals surface area contributed by atoms with Crippen LogP contribution in [0.1, 0.15) is 11.1 Å². The van der Waals surface area contributed by atoms with Gasteiger partial charge in [0.25, 0.3) is 5.91 Å². The van der Waals surface area contributed by atoms with Crippen molar-refractivity contribution in [2.75, 3.05) is 59.1 Å². The normalized spacial score (nSPS) is 18.2. The summed E-state index contributed by atoms with van der Waals surface area (Å²) in [6, 6.07) is 16.0. The lowest BCUT2D eigenvalue weighted by Crippen LogP contribution is -2.49. The summed E-state index contributed by atoms with van der Waals surface area (Å²) in [5.41, 5.74) is 2.49. The number of benzene rings is 2. The van der Waals surface area contributed by atoms with Gasteiger partial charge in [0, 0.05) is 57.4 Å². The van der Waals surface area contributed by atoms with E-state index < -0.39 is 0 Å². The van der Waals surface area contributed by atoms with E-state index in [4.69, 9.17) is 21.1 Å². The van der Waals surface area contributed by atoms with Gasteiger partial charge in [0.05, 0.1) is 13.2 Å². The van der Waals surface area contributed by atoms with E-state index in [1.54, 1.807) is 0 Å². The van der Waals surface area contributed by atoms with Crippen molar-refractivity contribution in [2.45, 2.75) is 13.1 Å². The maximum atomic E-state index is 12.6. The molecule has 0 aliphatic carbocycles. The van der Waals surface area contributed by atoms with Gasteiger partial charge in [-0.1, -0.05) is 35.9 Å². The van der Waals surface area contributed by atoms with Crippen molar-refractivity contribution in [1.82, 2.24) is 14.7 Å². The quantitative estimate of drug-likeness (QED) is 0.658. The maximum Gasteiger partial charge on any atom is 0.260 e. The highest BCUT2D eigenvalue weighted by Crippen LogP contribution is 2.16. The van der Waals surface area contributed by atoms with Crippen molar-refractivity contribution in [1.29, 1.82) is 0 Å². The molecule has 0 saturated carbocycles. The lowest BCUT2D eigenvalue weighted by Gasteiger charge is -2.34. The molecule has 0 N–H and O–H groups in total. The SMILES string of the molecule is O=C(COc1ccc(CN2CCOCC2)cc1)N1CCN(Cc2ccc(Cl)cc2)CC1. The molecule has 0 atom stereocenters. The lowest BCUT2D eigenvalue weighted by molar-refractivity contribution is -0.135. The number of hydrogen-bond acceptors (Lipinski definition) is 5. The van der Waals surface area contributed by atoms with E-state index in [-0.39, 0.29) is 12.5 Å². The molecule has 0 unspecified atom stereocenters. The van der Waals surface area contributed by atoms with E-state index in [2.05, 4.69) is 34.1 Å². The van der Waals surface area contributed by atoms with Gasteiger partial charge in [0.1, 0.15) is 5.75 Å². The second-order valence-corrected chi connectivity index (χ2v) is 8.54. The van der Waals surface area contributed by atoms with Gasteiger partial charge in [0.15, 0.2) is 6.61 Å². The smallest absolute Gasteiger partial charge is 0.260 e. The summed E-state index contributed by atoms with van der Waals surface area (Å²) in [6.45, 7) is 8.63. The van der Waals surface area contributed by atoms with Crippen molar-refractivity contribution in [3.63, 3.8) is 0 Å². The number of ether oxygens (including phenoxy) is 2. The van der Waals surface area contributed by atoms with Crippen LogP contribution in [0.5, 0.6) is 5.75 Å². The van der Waals surface area contributed by atoms with Gasteiger partial charge in [0.2, 0.25) is 0 Å². The Morgan fingerprint density at radius 3 is 1.97 bits per heavy atom. The van der Waals surface area contributed by atoms with Crippen LogP contribution in [0.4, 0.5) is 0 Å². The highest BCUT2D eigenvalue weighted by atomic mass is 35.5. The molecular formula is C24H30ClN3O3. The highest BCUT2D eigenvalue weighted by Gasteiger charge is 2.21. The monoisotopic (exact) mass is 443 g/mol. The predicted octanol–water partition coefficient (Wildman–Crippen LogP) is 2.90. The predicted molar refractivity (Wildman–Crippen MR) is 121 cm³/mol. The maximum absolute atomic E-state index is 12.6. The number of nitrogens with zero attached hydrogens (tertiary/aromatic N) is 3. The zero-order valence-corrected chi connectivity index (χ0v) is 18.6. The van der Waals surface area contributed by atoms with Gasteiger partial charge < -0.3 is 14.4 Å². The minimum Gasteiger partial charge on any atom is -0.484 e. The number of halogens is 1. The molecule has 0 spiro atoms. The fraction of sp³-hybridized carbons (Fsp3) is 0.458. The Kier molecular flexibility index (Phi) is 7.81. The van der Waals surface area contributed by atoms with Crippen LogP contribution in [0.25, 0.3) is 0 Å². The molecule has 1 amide bonds. The standard InChI is InChI=1S/C24H30ClN3O3/c25-22-5-1-20(2-6-22)17-26-9-11-28(12-10-26)24(29)19-31-23-7-3-21(4-8-23)18-27-13-15-30-16-14-27/h1-8H,9-19H2. The van der Waals surface area contributed by atoms with E-state index >= 15 is 0 Å². The average Bonchev–Trinajstić information content (AvgIpc) is 2.81. The van der Waals surface area contributed by atoms with Crippen LogP contribution in [-0.4, -0.2) is 79.7 Å². The number of amides is 1. The molecule has 2 aliphatic heterocycles. The third kappa shape index (κ3) is 6.68. The van der Waals surface area contributed by atoms with Crippen molar-refractivity contribution in [3.8, 4) is 5.75 Å². The van der Waals surface area contributed by atoms with Crippen LogP contribution in [0.2, 0.25) is 5.02 Å². The Bertz CT molecular complexity index is 830. The first-order chi connectivity index (χ1) is 15.2. The second kappa shape index (κ2) is 11.0. The molecule has 6 nitrogen and oxygen atoms in total. The van der Waals surface area contributed by atoms with Crippen molar-refractivity contribution in [3.05, 3.63) is 64.7 Å².